The summed E-state index contributed by atoms with van der Waals surface area (Å²) in [5, 5.41) is 0. The van der Waals surface area contributed by atoms with Crippen LogP contribution in [0.3, 0.4) is 0 Å². The predicted molar refractivity (Wildman–Crippen MR) is 98.7 cm³/mol. The highest BCUT2D eigenvalue weighted by Gasteiger charge is 2.28. The summed E-state index contributed by atoms with van der Waals surface area (Å²) in [6, 6.07) is 11.0. The molecule has 28 heavy (non-hydrogen) atoms. The molecule has 0 spiro atoms. The lowest BCUT2D eigenvalue weighted by Gasteiger charge is -2.33. The first-order valence-corrected chi connectivity index (χ1v) is 8.74. The number of carbonyl (C=O) groups excluding carboxylic acids is 2. The molecular formula is C20H21FN2O5. The Bertz CT molecular complexity index is 873. The minimum Gasteiger partial charge on any atom is -0.493 e. The van der Waals surface area contributed by atoms with Crippen molar-refractivity contribution in [2.24, 2.45) is 5.73 Å². The van der Waals surface area contributed by atoms with Gasteiger partial charge in [-0.2, -0.15) is 0 Å². The fourth-order valence-corrected chi connectivity index (χ4v) is 3.01. The van der Waals surface area contributed by atoms with Gasteiger partial charge in [-0.05, 0) is 24.3 Å². The van der Waals surface area contributed by atoms with Crippen LogP contribution in [0, 0.1) is 5.82 Å². The highest BCUT2D eigenvalue weighted by molar-refractivity contribution is 5.95. The summed E-state index contributed by atoms with van der Waals surface area (Å²) < 4.78 is 30.2. The molecule has 0 radical (unpaired) electrons. The van der Waals surface area contributed by atoms with E-state index < -0.39 is 12.0 Å². The first kappa shape index (κ1) is 19.6. The first-order chi connectivity index (χ1) is 13.5. The summed E-state index contributed by atoms with van der Waals surface area (Å²) in [4.78, 5) is 25.4. The Labute approximate surface area is 161 Å². The van der Waals surface area contributed by atoms with Crippen molar-refractivity contribution >= 4 is 11.8 Å². The third kappa shape index (κ3) is 4.40. The first-order valence-electron chi connectivity index (χ1n) is 8.74. The monoisotopic (exact) mass is 388 g/mol. The lowest BCUT2D eigenvalue weighted by atomic mass is 10.1. The van der Waals surface area contributed by atoms with Crippen LogP contribution in [0.4, 0.5) is 4.39 Å². The van der Waals surface area contributed by atoms with Crippen LogP contribution in [-0.4, -0.2) is 50.1 Å². The number of nitrogens with zero attached hydrogens (tertiary/aromatic N) is 1. The molecule has 1 atom stereocenters. The van der Waals surface area contributed by atoms with Gasteiger partial charge in [-0.25, -0.2) is 4.39 Å². The van der Waals surface area contributed by atoms with E-state index >= 15 is 0 Å². The van der Waals surface area contributed by atoms with Crippen molar-refractivity contribution in [1.82, 2.24) is 4.90 Å². The van der Waals surface area contributed by atoms with Crippen LogP contribution in [0.25, 0.3) is 0 Å². The van der Waals surface area contributed by atoms with E-state index in [-0.39, 0.29) is 24.9 Å². The molecule has 2 aromatic carbocycles. The lowest BCUT2D eigenvalue weighted by Crippen LogP contribution is -2.42. The van der Waals surface area contributed by atoms with Gasteiger partial charge in [0.25, 0.3) is 11.8 Å². The molecule has 0 aromatic heterocycles. The number of ether oxygens (including phenoxy) is 3. The number of hydrogen-bond donors (Lipinski definition) is 1. The van der Waals surface area contributed by atoms with E-state index in [1.807, 2.05) is 0 Å². The zero-order chi connectivity index (χ0) is 20.1. The van der Waals surface area contributed by atoms with E-state index in [1.165, 1.54) is 19.2 Å². The molecule has 1 aliphatic heterocycles. The predicted octanol–water partition coefficient (Wildman–Crippen LogP) is 1.91. The SMILES string of the molecule is COc1cc(C(=O)N2CCOC(c3ccccc3F)C2)ccc1OCC(N)=O. The maximum Gasteiger partial charge on any atom is 0.255 e. The highest BCUT2D eigenvalue weighted by Crippen LogP contribution is 2.30. The van der Waals surface area contributed by atoms with Gasteiger partial charge in [-0.3, -0.25) is 9.59 Å². The fourth-order valence-electron chi connectivity index (χ4n) is 3.01. The van der Waals surface area contributed by atoms with Crippen LogP contribution in [0.15, 0.2) is 42.5 Å². The summed E-state index contributed by atoms with van der Waals surface area (Å²) in [7, 11) is 1.43. The fraction of sp³-hybridized carbons (Fsp3) is 0.300. The molecule has 1 aliphatic rings. The van der Waals surface area contributed by atoms with Crippen molar-refractivity contribution in [2.45, 2.75) is 6.10 Å². The average molecular weight is 388 g/mol. The number of benzene rings is 2. The molecule has 1 fully saturated rings. The second kappa shape index (κ2) is 8.71. The van der Waals surface area contributed by atoms with Gasteiger partial charge >= 0.3 is 0 Å². The number of nitrogens with two attached hydrogens (primary N) is 1. The van der Waals surface area contributed by atoms with Crippen LogP contribution < -0.4 is 15.2 Å². The number of primary amides is 1. The Balaban J connectivity index is 1.75. The molecule has 2 N–H and O–H groups in total. The Kier molecular flexibility index (Phi) is 6.10. The third-order valence-electron chi connectivity index (χ3n) is 4.39. The van der Waals surface area contributed by atoms with Crippen molar-refractivity contribution < 1.29 is 28.2 Å². The van der Waals surface area contributed by atoms with Crippen LogP contribution >= 0.6 is 0 Å². The van der Waals surface area contributed by atoms with Gasteiger partial charge in [0.1, 0.15) is 11.9 Å². The number of halogens is 1. The van der Waals surface area contributed by atoms with Crippen molar-refractivity contribution in [3.05, 3.63) is 59.4 Å². The number of hydrogen-bond acceptors (Lipinski definition) is 5. The van der Waals surface area contributed by atoms with Crippen LogP contribution in [-0.2, 0) is 9.53 Å². The molecule has 2 amide bonds. The van der Waals surface area contributed by atoms with E-state index in [0.717, 1.165) is 0 Å². The lowest BCUT2D eigenvalue weighted by molar-refractivity contribution is -0.119. The molecule has 3 rings (SSSR count). The number of morpholine rings is 1. The molecule has 0 bridgehead atoms. The Morgan fingerprint density at radius 3 is 2.75 bits per heavy atom. The topological polar surface area (TPSA) is 91.1 Å². The van der Waals surface area contributed by atoms with Crippen molar-refractivity contribution in [3.8, 4) is 11.5 Å². The number of rotatable bonds is 6. The summed E-state index contributed by atoms with van der Waals surface area (Å²) in [5.74, 6) is -0.589. The Morgan fingerprint density at radius 1 is 1.25 bits per heavy atom. The minimum absolute atomic E-state index is 0.232. The quantitative estimate of drug-likeness (QED) is 0.816. The normalized spacial score (nSPS) is 16.5. The zero-order valence-corrected chi connectivity index (χ0v) is 15.4. The van der Waals surface area contributed by atoms with Gasteiger partial charge < -0.3 is 24.8 Å². The van der Waals surface area contributed by atoms with Gasteiger partial charge in [-0.15, -0.1) is 0 Å². The van der Waals surface area contributed by atoms with Gasteiger partial charge in [-0.1, -0.05) is 18.2 Å². The molecule has 7 nitrogen and oxygen atoms in total. The minimum atomic E-state index is -0.616. The maximum absolute atomic E-state index is 14.1. The van der Waals surface area contributed by atoms with E-state index in [2.05, 4.69) is 0 Å². The van der Waals surface area contributed by atoms with Gasteiger partial charge in [0.15, 0.2) is 18.1 Å². The highest BCUT2D eigenvalue weighted by atomic mass is 19.1. The molecule has 148 valence electrons. The van der Waals surface area contributed by atoms with E-state index in [4.69, 9.17) is 19.9 Å². The second-order valence-electron chi connectivity index (χ2n) is 6.25. The van der Waals surface area contributed by atoms with Crippen LogP contribution in [0.5, 0.6) is 11.5 Å². The molecule has 1 unspecified atom stereocenters. The average Bonchev–Trinajstić information content (AvgIpc) is 2.72. The van der Waals surface area contributed by atoms with Gasteiger partial charge in [0.05, 0.1) is 20.3 Å². The Hall–Kier alpha value is -3.13. The largest absolute Gasteiger partial charge is 0.493 e. The van der Waals surface area contributed by atoms with Crippen LogP contribution in [0.2, 0.25) is 0 Å². The number of methoxy groups -OCH3 is 1. The molecule has 0 saturated carbocycles. The molecule has 1 saturated heterocycles. The van der Waals surface area contributed by atoms with Crippen molar-refractivity contribution in [3.63, 3.8) is 0 Å². The van der Waals surface area contributed by atoms with E-state index in [0.29, 0.717) is 35.8 Å². The third-order valence-corrected chi connectivity index (χ3v) is 4.39. The summed E-state index contributed by atoms with van der Waals surface area (Å²) in [5.41, 5.74) is 5.89. The molecular weight excluding hydrogens is 367 g/mol. The zero-order valence-electron chi connectivity index (χ0n) is 15.4. The molecule has 0 aliphatic carbocycles. The van der Waals surface area contributed by atoms with Gasteiger partial charge in [0.2, 0.25) is 0 Å². The van der Waals surface area contributed by atoms with Gasteiger partial charge in [0, 0.05) is 17.7 Å². The standard InChI is InChI=1S/C20H21FN2O5/c1-26-17-10-13(6-7-16(17)28-12-19(22)24)20(25)23-8-9-27-18(11-23)14-4-2-3-5-15(14)21/h2-7,10,18H,8-9,11-12H2,1H3,(H2,22,24). The number of carbonyl (C=O) groups is 2. The van der Waals surface area contributed by atoms with Crippen LogP contribution in [0.1, 0.15) is 22.0 Å². The maximum atomic E-state index is 14.1. The van der Waals surface area contributed by atoms with Crippen molar-refractivity contribution in [1.29, 1.82) is 0 Å². The second-order valence-corrected chi connectivity index (χ2v) is 6.25. The molecule has 1 heterocycles. The van der Waals surface area contributed by atoms with E-state index in [1.54, 1.807) is 35.2 Å². The summed E-state index contributed by atoms with van der Waals surface area (Å²) in [6.45, 7) is 0.646. The number of amides is 2. The molecule has 8 heteroatoms. The van der Waals surface area contributed by atoms with Crippen molar-refractivity contribution in [2.75, 3.05) is 33.4 Å². The summed E-state index contributed by atoms with van der Waals surface area (Å²) in [6.07, 6.45) is -0.529. The summed E-state index contributed by atoms with van der Waals surface area (Å²) >= 11 is 0. The molecule has 2 aromatic rings. The Morgan fingerprint density at radius 2 is 2.04 bits per heavy atom. The smallest absolute Gasteiger partial charge is 0.255 e. The van der Waals surface area contributed by atoms with E-state index in [9.17, 15) is 14.0 Å².